The first-order chi connectivity index (χ1) is 12.7. The minimum absolute atomic E-state index is 0.0200. The smallest absolute Gasteiger partial charge is 0.185 e. The van der Waals surface area contributed by atoms with Gasteiger partial charge in [0, 0.05) is 22.9 Å². The minimum atomic E-state index is 0.0200. The zero-order chi connectivity index (χ0) is 18.1. The molecule has 26 heavy (non-hydrogen) atoms. The molecular formula is C23H19NO2. The lowest BCUT2D eigenvalue weighted by Crippen LogP contribution is -2.15. The summed E-state index contributed by atoms with van der Waals surface area (Å²) in [6.45, 7) is 3.80. The summed E-state index contributed by atoms with van der Waals surface area (Å²) >= 11 is 0. The lowest BCUT2D eigenvalue weighted by atomic mass is 10.0. The predicted molar refractivity (Wildman–Crippen MR) is 105 cm³/mol. The lowest BCUT2D eigenvalue weighted by Gasteiger charge is -2.21. The standard InChI is InChI=1S/C23H19NO2/c1-16-22(25)15-21(20-13-14-26-17(20)2)24(19-11-7-4-8-12-19)23(16)18-9-5-3-6-10-18/h3-15H,1-2H3. The molecule has 4 rings (SSSR count). The van der Waals surface area contributed by atoms with Gasteiger partial charge in [0.1, 0.15) is 5.76 Å². The number of nitrogens with zero attached hydrogens (tertiary/aromatic N) is 1. The van der Waals surface area contributed by atoms with E-state index in [1.807, 2.05) is 68.4 Å². The maximum Gasteiger partial charge on any atom is 0.185 e. The molecule has 0 bridgehead atoms. The number of aryl methyl sites for hydroxylation is 1. The Hall–Kier alpha value is -3.33. The first-order valence-electron chi connectivity index (χ1n) is 8.59. The van der Waals surface area contributed by atoms with Crippen LogP contribution in [-0.4, -0.2) is 4.57 Å². The Balaban J connectivity index is 2.16. The minimum Gasteiger partial charge on any atom is -0.469 e. The molecule has 0 saturated carbocycles. The van der Waals surface area contributed by atoms with Gasteiger partial charge in [-0.1, -0.05) is 48.5 Å². The third kappa shape index (κ3) is 2.68. The van der Waals surface area contributed by atoms with Gasteiger partial charge in [-0.15, -0.1) is 0 Å². The van der Waals surface area contributed by atoms with Crippen molar-refractivity contribution in [3.8, 4) is 28.2 Å². The molecule has 0 unspecified atom stereocenters. The van der Waals surface area contributed by atoms with Gasteiger partial charge < -0.3 is 8.98 Å². The van der Waals surface area contributed by atoms with E-state index >= 15 is 0 Å². The van der Waals surface area contributed by atoms with Crippen molar-refractivity contribution in [2.75, 3.05) is 0 Å². The fourth-order valence-corrected chi connectivity index (χ4v) is 3.34. The van der Waals surface area contributed by atoms with Crippen molar-refractivity contribution in [3.05, 3.63) is 101 Å². The summed E-state index contributed by atoms with van der Waals surface area (Å²) in [6, 6.07) is 23.7. The molecule has 0 atom stereocenters. The highest BCUT2D eigenvalue weighted by atomic mass is 16.3. The first-order valence-corrected chi connectivity index (χ1v) is 8.59. The van der Waals surface area contributed by atoms with Crippen molar-refractivity contribution >= 4 is 0 Å². The molecule has 0 radical (unpaired) electrons. The van der Waals surface area contributed by atoms with Crippen LogP contribution in [0.15, 0.2) is 88.3 Å². The summed E-state index contributed by atoms with van der Waals surface area (Å²) in [5, 5.41) is 0. The highest BCUT2D eigenvalue weighted by Gasteiger charge is 2.18. The van der Waals surface area contributed by atoms with Crippen LogP contribution in [0.2, 0.25) is 0 Å². The van der Waals surface area contributed by atoms with Gasteiger partial charge in [0.25, 0.3) is 0 Å². The van der Waals surface area contributed by atoms with E-state index in [4.69, 9.17) is 4.42 Å². The third-order valence-corrected chi connectivity index (χ3v) is 4.65. The third-order valence-electron chi connectivity index (χ3n) is 4.65. The highest BCUT2D eigenvalue weighted by Crippen LogP contribution is 2.32. The number of rotatable bonds is 3. The van der Waals surface area contributed by atoms with E-state index in [1.54, 1.807) is 12.3 Å². The molecule has 0 spiro atoms. The number of furan rings is 1. The Morgan fingerprint density at radius 1 is 0.846 bits per heavy atom. The molecule has 0 aliphatic heterocycles. The van der Waals surface area contributed by atoms with Crippen LogP contribution < -0.4 is 5.43 Å². The van der Waals surface area contributed by atoms with Crippen LogP contribution in [0.1, 0.15) is 11.3 Å². The van der Waals surface area contributed by atoms with Gasteiger partial charge in [0.2, 0.25) is 0 Å². The molecule has 0 aliphatic carbocycles. The summed E-state index contributed by atoms with van der Waals surface area (Å²) in [6.07, 6.45) is 1.66. The topological polar surface area (TPSA) is 35.1 Å². The van der Waals surface area contributed by atoms with Gasteiger partial charge in [0.15, 0.2) is 5.43 Å². The quantitative estimate of drug-likeness (QED) is 0.501. The Morgan fingerprint density at radius 2 is 1.50 bits per heavy atom. The Kier molecular flexibility index (Phi) is 4.05. The van der Waals surface area contributed by atoms with Gasteiger partial charge in [-0.25, -0.2) is 0 Å². The van der Waals surface area contributed by atoms with E-state index in [9.17, 15) is 4.79 Å². The van der Waals surface area contributed by atoms with Crippen molar-refractivity contribution in [2.24, 2.45) is 0 Å². The van der Waals surface area contributed by atoms with E-state index in [1.165, 1.54) is 0 Å². The number of hydrogen-bond acceptors (Lipinski definition) is 2. The summed E-state index contributed by atoms with van der Waals surface area (Å²) in [4.78, 5) is 12.8. The molecule has 2 aromatic carbocycles. The lowest BCUT2D eigenvalue weighted by molar-refractivity contribution is 0.535. The van der Waals surface area contributed by atoms with Gasteiger partial charge in [-0.05, 0) is 37.6 Å². The van der Waals surface area contributed by atoms with Crippen molar-refractivity contribution in [2.45, 2.75) is 13.8 Å². The largest absolute Gasteiger partial charge is 0.469 e. The normalized spacial score (nSPS) is 10.8. The SMILES string of the molecule is Cc1occc1-c1cc(=O)c(C)c(-c2ccccc2)n1-c1ccccc1. The maximum absolute atomic E-state index is 12.8. The number of benzene rings is 2. The first kappa shape index (κ1) is 16.2. The molecule has 3 heteroatoms. The second-order valence-corrected chi connectivity index (χ2v) is 6.29. The molecule has 0 fully saturated rings. The molecule has 0 N–H and O–H groups in total. The average molecular weight is 341 g/mol. The van der Waals surface area contributed by atoms with Crippen LogP contribution in [0.25, 0.3) is 28.2 Å². The molecule has 0 amide bonds. The Labute approximate surface area is 152 Å². The molecule has 0 aliphatic rings. The van der Waals surface area contributed by atoms with Crippen molar-refractivity contribution in [3.63, 3.8) is 0 Å². The van der Waals surface area contributed by atoms with Gasteiger partial charge in [0.05, 0.1) is 17.7 Å². The Bertz CT molecular complexity index is 1110. The van der Waals surface area contributed by atoms with Gasteiger partial charge >= 0.3 is 0 Å². The van der Waals surface area contributed by atoms with Crippen LogP contribution in [0.5, 0.6) is 0 Å². The molecule has 128 valence electrons. The van der Waals surface area contributed by atoms with E-state index in [-0.39, 0.29) is 5.43 Å². The molecule has 3 nitrogen and oxygen atoms in total. The monoisotopic (exact) mass is 341 g/mol. The van der Waals surface area contributed by atoms with Crippen molar-refractivity contribution < 1.29 is 4.42 Å². The summed E-state index contributed by atoms with van der Waals surface area (Å²) < 4.78 is 7.65. The molecule has 2 heterocycles. The summed E-state index contributed by atoms with van der Waals surface area (Å²) in [7, 11) is 0. The van der Waals surface area contributed by atoms with E-state index in [0.717, 1.165) is 39.5 Å². The fourth-order valence-electron chi connectivity index (χ4n) is 3.34. The maximum atomic E-state index is 12.8. The van der Waals surface area contributed by atoms with E-state index < -0.39 is 0 Å². The number of aromatic nitrogens is 1. The second-order valence-electron chi connectivity index (χ2n) is 6.29. The zero-order valence-electron chi connectivity index (χ0n) is 14.8. The second kappa shape index (κ2) is 6.52. The molecular weight excluding hydrogens is 322 g/mol. The fraction of sp³-hybridized carbons (Fsp3) is 0.0870. The number of pyridine rings is 1. The van der Waals surface area contributed by atoms with Crippen LogP contribution in [-0.2, 0) is 0 Å². The van der Waals surface area contributed by atoms with Gasteiger partial charge in [-0.3, -0.25) is 4.79 Å². The van der Waals surface area contributed by atoms with Gasteiger partial charge in [-0.2, -0.15) is 0 Å². The van der Waals surface area contributed by atoms with Crippen LogP contribution in [0, 0.1) is 13.8 Å². The molecule has 2 aromatic heterocycles. The van der Waals surface area contributed by atoms with E-state index in [2.05, 4.69) is 16.7 Å². The van der Waals surface area contributed by atoms with Crippen LogP contribution >= 0.6 is 0 Å². The summed E-state index contributed by atoms with van der Waals surface area (Å²) in [5.41, 5.74) is 5.41. The summed E-state index contributed by atoms with van der Waals surface area (Å²) in [5.74, 6) is 0.789. The van der Waals surface area contributed by atoms with Crippen molar-refractivity contribution in [1.29, 1.82) is 0 Å². The zero-order valence-corrected chi connectivity index (χ0v) is 14.8. The predicted octanol–water partition coefficient (Wildman–Crippen LogP) is 5.38. The van der Waals surface area contributed by atoms with Crippen LogP contribution in [0.4, 0.5) is 0 Å². The molecule has 4 aromatic rings. The van der Waals surface area contributed by atoms with Crippen molar-refractivity contribution in [1.82, 2.24) is 4.57 Å². The average Bonchev–Trinajstić information content (AvgIpc) is 3.10. The van der Waals surface area contributed by atoms with E-state index in [0.29, 0.717) is 0 Å². The molecule has 0 saturated heterocycles. The Morgan fingerprint density at radius 3 is 2.12 bits per heavy atom. The number of para-hydroxylation sites is 1. The number of hydrogen-bond donors (Lipinski definition) is 0. The van der Waals surface area contributed by atoms with Crippen LogP contribution in [0.3, 0.4) is 0 Å². The highest BCUT2D eigenvalue weighted by molar-refractivity contribution is 5.74.